The lowest BCUT2D eigenvalue weighted by Crippen LogP contribution is -2.11. The van der Waals surface area contributed by atoms with Crippen LogP contribution in [0.3, 0.4) is 0 Å². The number of benzene rings is 1. The number of nitrogens with one attached hydrogen (secondary N) is 1. The summed E-state index contributed by atoms with van der Waals surface area (Å²) in [6.07, 6.45) is 0. The van der Waals surface area contributed by atoms with Gasteiger partial charge in [-0.05, 0) is 23.6 Å². The number of fused-ring (bicyclic) bond motifs is 1. The SMILES string of the molecule is OCC1NSc2ccccc21. The molecule has 0 saturated heterocycles. The van der Waals surface area contributed by atoms with E-state index in [1.165, 1.54) is 10.5 Å². The monoisotopic (exact) mass is 167 g/mol. The molecule has 0 fully saturated rings. The van der Waals surface area contributed by atoms with Gasteiger partial charge in [0.1, 0.15) is 0 Å². The Morgan fingerprint density at radius 1 is 1.45 bits per heavy atom. The number of hydrogen-bond acceptors (Lipinski definition) is 3. The van der Waals surface area contributed by atoms with Crippen molar-refractivity contribution in [1.29, 1.82) is 0 Å². The van der Waals surface area contributed by atoms with Gasteiger partial charge in [-0.25, -0.2) is 4.72 Å². The van der Waals surface area contributed by atoms with Crippen LogP contribution in [0.1, 0.15) is 11.6 Å². The summed E-state index contributed by atoms with van der Waals surface area (Å²) in [5.74, 6) is 0. The molecule has 11 heavy (non-hydrogen) atoms. The molecular weight excluding hydrogens is 158 g/mol. The van der Waals surface area contributed by atoms with Gasteiger partial charge in [0, 0.05) is 4.90 Å². The van der Waals surface area contributed by atoms with Crippen molar-refractivity contribution in [2.75, 3.05) is 6.61 Å². The Kier molecular flexibility index (Phi) is 1.85. The molecule has 2 nitrogen and oxygen atoms in total. The standard InChI is InChI=1S/C8H9NOS/c10-5-7-6-3-1-2-4-8(6)11-9-7/h1-4,7,9-10H,5H2. The van der Waals surface area contributed by atoms with Gasteiger partial charge < -0.3 is 5.11 Å². The molecule has 58 valence electrons. The molecule has 0 saturated carbocycles. The van der Waals surface area contributed by atoms with Crippen LogP contribution in [-0.2, 0) is 0 Å². The topological polar surface area (TPSA) is 32.3 Å². The van der Waals surface area contributed by atoms with Crippen molar-refractivity contribution in [3.05, 3.63) is 29.8 Å². The van der Waals surface area contributed by atoms with E-state index >= 15 is 0 Å². The van der Waals surface area contributed by atoms with E-state index in [-0.39, 0.29) is 12.6 Å². The summed E-state index contributed by atoms with van der Waals surface area (Å²) in [5, 5.41) is 8.94. The Balaban J connectivity index is 2.39. The van der Waals surface area contributed by atoms with Gasteiger partial charge in [0.15, 0.2) is 0 Å². The van der Waals surface area contributed by atoms with E-state index in [1.807, 2.05) is 18.2 Å². The van der Waals surface area contributed by atoms with Gasteiger partial charge in [-0.1, -0.05) is 18.2 Å². The molecule has 0 spiro atoms. The molecule has 1 unspecified atom stereocenters. The van der Waals surface area contributed by atoms with Crippen LogP contribution in [0.4, 0.5) is 0 Å². The van der Waals surface area contributed by atoms with Crippen LogP contribution in [0.5, 0.6) is 0 Å². The Bertz CT molecular complexity index is 264. The number of hydrogen-bond donors (Lipinski definition) is 2. The van der Waals surface area contributed by atoms with Crippen molar-refractivity contribution >= 4 is 11.9 Å². The highest BCUT2D eigenvalue weighted by atomic mass is 32.2. The summed E-state index contributed by atoms with van der Waals surface area (Å²) in [5.41, 5.74) is 1.21. The van der Waals surface area contributed by atoms with Crippen LogP contribution in [0.15, 0.2) is 29.2 Å². The highest BCUT2D eigenvalue weighted by molar-refractivity contribution is 7.97. The van der Waals surface area contributed by atoms with Crippen molar-refractivity contribution in [3.63, 3.8) is 0 Å². The third kappa shape index (κ3) is 1.15. The summed E-state index contributed by atoms with van der Waals surface area (Å²) in [6, 6.07) is 8.23. The van der Waals surface area contributed by atoms with Gasteiger partial charge >= 0.3 is 0 Å². The molecule has 0 bridgehead atoms. The maximum Gasteiger partial charge on any atom is 0.0667 e. The zero-order valence-electron chi connectivity index (χ0n) is 5.95. The number of rotatable bonds is 1. The zero-order valence-corrected chi connectivity index (χ0v) is 6.77. The van der Waals surface area contributed by atoms with Crippen LogP contribution < -0.4 is 4.72 Å². The summed E-state index contributed by atoms with van der Waals surface area (Å²) < 4.78 is 3.14. The fourth-order valence-electron chi connectivity index (χ4n) is 1.20. The van der Waals surface area contributed by atoms with Crippen LogP contribution >= 0.6 is 11.9 Å². The maximum absolute atomic E-state index is 8.94. The second kappa shape index (κ2) is 2.85. The van der Waals surface area contributed by atoms with Gasteiger partial charge in [0.05, 0.1) is 12.6 Å². The van der Waals surface area contributed by atoms with Gasteiger partial charge in [0.2, 0.25) is 0 Å². The van der Waals surface area contributed by atoms with Crippen molar-refractivity contribution in [2.24, 2.45) is 0 Å². The Labute approximate surface area is 69.8 Å². The minimum absolute atomic E-state index is 0.121. The van der Waals surface area contributed by atoms with Crippen molar-refractivity contribution in [2.45, 2.75) is 10.9 Å². The summed E-state index contributed by atoms with van der Waals surface area (Å²) in [4.78, 5) is 1.23. The van der Waals surface area contributed by atoms with Gasteiger partial charge in [-0.2, -0.15) is 0 Å². The van der Waals surface area contributed by atoms with Gasteiger partial charge in [0.25, 0.3) is 0 Å². The molecule has 1 aromatic carbocycles. The van der Waals surface area contributed by atoms with E-state index in [0.29, 0.717) is 0 Å². The predicted molar refractivity (Wildman–Crippen MR) is 45.3 cm³/mol. The Morgan fingerprint density at radius 3 is 3.09 bits per heavy atom. The Morgan fingerprint density at radius 2 is 2.27 bits per heavy atom. The Hall–Kier alpha value is -0.510. The fraction of sp³-hybridized carbons (Fsp3) is 0.250. The average Bonchev–Trinajstić information content (AvgIpc) is 2.47. The quantitative estimate of drug-likeness (QED) is 0.619. The summed E-state index contributed by atoms with van der Waals surface area (Å²) in [7, 11) is 0. The van der Waals surface area contributed by atoms with E-state index in [0.717, 1.165) is 0 Å². The first-order valence-corrected chi connectivity index (χ1v) is 4.35. The lowest BCUT2D eigenvalue weighted by molar-refractivity contribution is 0.262. The second-order valence-electron chi connectivity index (χ2n) is 2.49. The van der Waals surface area contributed by atoms with E-state index in [9.17, 15) is 0 Å². The molecule has 2 N–H and O–H groups in total. The van der Waals surface area contributed by atoms with E-state index < -0.39 is 0 Å². The summed E-state index contributed by atoms with van der Waals surface area (Å²) >= 11 is 1.59. The molecule has 0 amide bonds. The average molecular weight is 167 g/mol. The third-order valence-corrected chi connectivity index (χ3v) is 2.78. The van der Waals surface area contributed by atoms with Gasteiger partial charge in [-0.3, -0.25) is 0 Å². The third-order valence-electron chi connectivity index (χ3n) is 1.79. The molecule has 2 rings (SSSR count). The van der Waals surface area contributed by atoms with Crippen LogP contribution in [0.25, 0.3) is 0 Å². The highest BCUT2D eigenvalue weighted by Gasteiger charge is 2.20. The van der Waals surface area contributed by atoms with E-state index in [4.69, 9.17) is 5.11 Å². The summed E-state index contributed by atoms with van der Waals surface area (Å²) in [6.45, 7) is 0.171. The van der Waals surface area contributed by atoms with Crippen LogP contribution in [-0.4, -0.2) is 11.7 Å². The molecule has 1 aromatic rings. The smallest absolute Gasteiger partial charge is 0.0667 e. The van der Waals surface area contributed by atoms with E-state index in [2.05, 4.69) is 10.8 Å². The molecule has 3 heteroatoms. The molecule has 1 aliphatic rings. The fourth-order valence-corrected chi connectivity index (χ4v) is 2.14. The first-order chi connectivity index (χ1) is 5.42. The zero-order chi connectivity index (χ0) is 7.68. The van der Waals surface area contributed by atoms with Crippen molar-refractivity contribution < 1.29 is 5.11 Å². The molecule has 1 heterocycles. The molecule has 1 atom stereocenters. The lowest BCUT2D eigenvalue weighted by atomic mass is 10.1. The van der Waals surface area contributed by atoms with E-state index in [1.54, 1.807) is 11.9 Å². The van der Waals surface area contributed by atoms with Crippen LogP contribution in [0.2, 0.25) is 0 Å². The molecule has 0 radical (unpaired) electrons. The minimum atomic E-state index is 0.121. The maximum atomic E-state index is 8.94. The molecular formula is C8H9NOS. The molecule has 0 aliphatic carbocycles. The predicted octanol–water partition coefficient (Wildman–Crippen LogP) is 1.33. The largest absolute Gasteiger partial charge is 0.394 e. The lowest BCUT2D eigenvalue weighted by Gasteiger charge is -2.04. The second-order valence-corrected chi connectivity index (χ2v) is 3.37. The van der Waals surface area contributed by atoms with Crippen molar-refractivity contribution in [1.82, 2.24) is 4.72 Å². The molecule has 0 aromatic heterocycles. The number of aliphatic hydroxyl groups excluding tert-OH is 1. The molecule has 1 aliphatic heterocycles. The highest BCUT2D eigenvalue weighted by Crippen LogP contribution is 2.33. The van der Waals surface area contributed by atoms with Crippen molar-refractivity contribution in [3.8, 4) is 0 Å². The van der Waals surface area contributed by atoms with Gasteiger partial charge in [-0.15, -0.1) is 0 Å². The van der Waals surface area contributed by atoms with Crippen LogP contribution in [0, 0.1) is 0 Å². The normalized spacial score (nSPS) is 21.7. The number of aliphatic hydroxyl groups is 1. The first-order valence-electron chi connectivity index (χ1n) is 3.54. The first kappa shape index (κ1) is 7.16. The minimum Gasteiger partial charge on any atom is -0.394 e.